The van der Waals surface area contributed by atoms with Gasteiger partial charge in [-0.25, -0.2) is 4.39 Å². The summed E-state index contributed by atoms with van der Waals surface area (Å²) in [4.78, 5) is 0. The molecule has 108 valence electrons. The van der Waals surface area contributed by atoms with Gasteiger partial charge in [-0.1, -0.05) is 30.3 Å². The first-order chi connectivity index (χ1) is 9.17. The van der Waals surface area contributed by atoms with Gasteiger partial charge in [0.05, 0.1) is 6.04 Å². The smallest absolute Gasteiger partial charge is 0.374 e. The highest BCUT2D eigenvalue weighted by Gasteiger charge is 2.43. The molecule has 0 amide bonds. The van der Waals surface area contributed by atoms with Crippen LogP contribution in [0.2, 0.25) is 6.04 Å². The Labute approximate surface area is 116 Å². The summed E-state index contributed by atoms with van der Waals surface area (Å²) in [6.07, 6.45) is -1.13. The summed E-state index contributed by atoms with van der Waals surface area (Å²) in [7, 11) is -2.92. The molecule has 1 unspecified atom stereocenters. The van der Waals surface area contributed by atoms with Crippen molar-refractivity contribution in [2.45, 2.75) is 33.0 Å². The molecule has 0 bridgehead atoms. The van der Waals surface area contributed by atoms with E-state index in [1.165, 1.54) is 0 Å². The predicted octanol–water partition coefficient (Wildman–Crippen LogP) is 3.75. The molecule has 3 nitrogen and oxygen atoms in total. The molecule has 0 heterocycles. The predicted molar refractivity (Wildman–Crippen MR) is 75.7 cm³/mol. The molecule has 5 heteroatoms. The molecule has 0 fully saturated rings. The maximum atomic E-state index is 14.4. The first-order valence-electron chi connectivity index (χ1n) is 6.78. The lowest BCUT2D eigenvalue weighted by molar-refractivity contribution is 0.0645. The molecule has 19 heavy (non-hydrogen) atoms. The summed E-state index contributed by atoms with van der Waals surface area (Å²) in [5.74, 6) is 0. The summed E-state index contributed by atoms with van der Waals surface area (Å²) >= 11 is 0. The van der Waals surface area contributed by atoms with Crippen LogP contribution in [-0.4, -0.2) is 28.6 Å². The van der Waals surface area contributed by atoms with Crippen molar-refractivity contribution in [3.8, 4) is 0 Å². The van der Waals surface area contributed by atoms with Gasteiger partial charge in [-0.05, 0) is 26.3 Å². The number of alkyl halides is 1. The molecule has 0 aliphatic heterocycles. The molecule has 0 aliphatic carbocycles. The van der Waals surface area contributed by atoms with Crippen molar-refractivity contribution in [1.29, 1.82) is 0 Å². The van der Waals surface area contributed by atoms with Crippen LogP contribution in [0.5, 0.6) is 0 Å². The first-order valence-corrected chi connectivity index (χ1v) is 8.71. The summed E-state index contributed by atoms with van der Waals surface area (Å²) in [6, 6.07) is 9.22. The van der Waals surface area contributed by atoms with E-state index in [2.05, 4.69) is 0 Å². The van der Waals surface area contributed by atoms with Crippen molar-refractivity contribution in [3.63, 3.8) is 0 Å². The van der Waals surface area contributed by atoms with Crippen LogP contribution in [0.25, 0.3) is 0 Å². The standard InChI is InChI=1S/C14H23FO3Si/c1-4-16-19(17-5-2,18-6-3)12-14(15)13-10-8-7-9-11-13/h7-11,14H,4-6,12H2,1-3H3. The molecule has 0 N–H and O–H groups in total. The van der Waals surface area contributed by atoms with Gasteiger partial charge in [0.1, 0.15) is 6.17 Å². The Balaban J connectivity index is 2.80. The monoisotopic (exact) mass is 286 g/mol. The van der Waals surface area contributed by atoms with E-state index in [4.69, 9.17) is 13.3 Å². The third-order valence-electron chi connectivity index (χ3n) is 2.68. The molecule has 0 aromatic heterocycles. The van der Waals surface area contributed by atoms with Gasteiger partial charge in [0, 0.05) is 19.8 Å². The Hall–Kier alpha value is -0.753. The Bertz CT molecular complexity index is 331. The minimum atomic E-state index is -2.92. The molecule has 1 atom stereocenters. The van der Waals surface area contributed by atoms with Crippen LogP contribution in [0.3, 0.4) is 0 Å². The van der Waals surface area contributed by atoms with Gasteiger partial charge in [0.15, 0.2) is 0 Å². The fraction of sp³-hybridized carbons (Fsp3) is 0.571. The van der Waals surface area contributed by atoms with Crippen molar-refractivity contribution in [2.24, 2.45) is 0 Å². The van der Waals surface area contributed by atoms with Crippen LogP contribution >= 0.6 is 0 Å². The molecule has 1 rings (SSSR count). The van der Waals surface area contributed by atoms with E-state index in [1.807, 2.05) is 39.0 Å². The van der Waals surface area contributed by atoms with E-state index in [9.17, 15) is 4.39 Å². The lowest BCUT2D eigenvalue weighted by Gasteiger charge is -2.29. The van der Waals surface area contributed by atoms with E-state index >= 15 is 0 Å². The quantitative estimate of drug-likeness (QED) is 0.647. The van der Waals surface area contributed by atoms with Crippen molar-refractivity contribution in [2.75, 3.05) is 19.8 Å². The van der Waals surface area contributed by atoms with Gasteiger partial charge < -0.3 is 13.3 Å². The summed E-state index contributed by atoms with van der Waals surface area (Å²) in [5, 5.41) is 0. The van der Waals surface area contributed by atoms with E-state index in [1.54, 1.807) is 12.1 Å². The fourth-order valence-corrected chi connectivity index (χ4v) is 4.56. The fourth-order valence-electron chi connectivity index (χ4n) is 1.96. The second-order valence-corrected chi connectivity index (χ2v) is 6.70. The third kappa shape index (κ3) is 5.02. The molecule has 0 saturated heterocycles. The molecule has 0 spiro atoms. The van der Waals surface area contributed by atoms with Crippen LogP contribution in [0.1, 0.15) is 32.5 Å². The highest BCUT2D eigenvalue weighted by atomic mass is 28.4. The molecule has 1 aromatic rings. The van der Waals surface area contributed by atoms with Crippen LogP contribution in [0.4, 0.5) is 4.39 Å². The number of benzene rings is 1. The molecular formula is C14H23FO3Si. The summed E-state index contributed by atoms with van der Waals surface area (Å²) < 4.78 is 31.4. The third-order valence-corrected chi connectivity index (χ3v) is 5.73. The van der Waals surface area contributed by atoms with Crippen LogP contribution in [-0.2, 0) is 13.3 Å². The molecule has 1 aromatic carbocycles. The lowest BCUT2D eigenvalue weighted by Crippen LogP contribution is -2.46. The van der Waals surface area contributed by atoms with Crippen molar-refractivity contribution in [1.82, 2.24) is 0 Å². The van der Waals surface area contributed by atoms with E-state index in [0.29, 0.717) is 25.4 Å². The van der Waals surface area contributed by atoms with Crippen molar-refractivity contribution < 1.29 is 17.7 Å². The Morgan fingerprint density at radius 2 is 1.42 bits per heavy atom. The molecule has 0 aliphatic rings. The summed E-state index contributed by atoms with van der Waals surface area (Å²) in [6.45, 7) is 7.01. The molecular weight excluding hydrogens is 263 g/mol. The second kappa shape index (κ2) is 8.42. The van der Waals surface area contributed by atoms with Gasteiger partial charge in [-0.15, -0.1) is 0 Å². The Kier molecular flexibility index (Phi) is 7.23. The zero-order chi connectivity index (χ0) is 14.1. The number of hydrogen-bond donors (Lipinski definition) is 0. The lowest BCUT2D eigenvalue weighted by atomic mass is 10.1. The second-order valence-electron chi connectivity index (χ2n) is 4.06. The van der Waals surface area contributed by atoms with Crippen LogP contribution < -0.4 is 0 Å². The SMILES string of the molecule is CCO[Si](CC(F)c1ccccc1)(OCC)OCC. The number of rotatable bonds is 9. The molecule has 0 saturated carbocycles. The Morgan fingerprint density at radius 3 is 1.84 bits per heavy atom. The average molecular weight is 286 g/mol. The van der Waals surface area contributed by atoms with Gasteiger partial charge in [-0.2, -0.15) is 0 Å². The van der Waals surface area contributed by atoms with Gasteiger partial charge in [0.25, 0.3) is 0 Å². The Morgan fingerprint density at radius 1 is 0.947 bits per heavy atom. The van der Waals surface area contributed by atoms with Crippen molar-refractivity contribution >= 4 is 8.80 Å². The van der Waals surface area contributed by atoms with E-state index in [0.717, 1.165) is 0 Å². The van der Waals surface area contributed by atoms with Gasteiger partial charge in [-0.3, -0.25) is 0 Å². The maximum absolute atomic E-state index is 14.4. The topological polar surface area (TPSA) is 27.7 Å². The van der Waals surface area contributed by atoms with Gasteiger partial charge >= 0.3 is 8.80 Å². The number of hydrogen-bond acceptors (Lipinski definition) is 3. The minimum Gasteiger partial charge on any atom is -0.374 e. The normalized spacial score (nSPS) is 13.5. The van der Waals surface area contributed by atoms with Gasteiger partial charge in [0.2, 0.25) is 0 Å². The van der Waals surface area contributed by atoms with Crippen LogP contribution in [0.15, 0.2) is 30.3 Å². The van der Waals surface area contributed by atoms with Crippen LogP contribution in [0, 0.1) is 0 Å². The first kappa shape index (κ1) is 16.3. The van der Waals surface area contributed by atoms with Crippen molar-refractivity contribution in [3.05, 3.63) is 35.9 Å². The molecule has 0 radical (unpaired) electrons. The zero-order valence-electron chi connectivity index (χ0n) is 11.9. The number of halogens is 1. The highest BCUT2D eigenvalue weighted by Crippen LogP contribution is 2.29. The van der Waals surface area contributed by atoms with E-state index < -0.39 is 15.0 Å². The summed E-state index contributed by atoms with van der Waals surface area (Å²) in [5.41, 5.74) is 0.637. The van der Waals surface area contributed by atoms with E-state index in [-0.39, 0.29) is 6.04 Å². The largest absolute Gasteiger partial charge is 0.504 e. The highest BCUT2D eigenvalue weighted by molar-refractivity contribution is 6.60. The maximum Gasteiger partial charge on any atom is 0.504 e. The minimum absolute atomic E-state index is 0.159. The zero-order valence-corrected chi connectivity index (χ0v) is 12.9. The average Bonchev–Trinajstić information content (AvgIpc) is 2.40.